The molecule has 0 saturated heterocycles. The van der Waals surface area contributed by atoms with E-state index in [4.69, 9.17) is 11.6 Å². The molecule has 0 aliphatic heterocycles. The summed E-state index contributed by atoms with van der Waals surface area (Å²) in [6.45, 7) is 2.16. The third-order valence-electron chi connectivity index (χ3n) is 4.48. The highest BCUT2D eigenvalue weighted by Crippen LogP contribution is 2.33. The minimum atomic E-state index is 0.145. The maximum atomic E-state index is 6.18. The van der Waals surface area contributed by atoms with Gasteiger partial charge in [-0.1, -0.05) is 72.3 Å². The summed E-state index contributed by atoms with van der Waals surface area (Å²) in [5, 5.41) is 1.95. The van der Waals surface area contributed by atoms with Crippen LogP contribution >= 0.6 is 11.6 Å². The fraction of sp³-hybridized carbons (Fsp3) is 0.0909. The van der Waals surface area contributed by atoms with E-state index < -0.39 is 0 Å². The number of rotatable bonds is 3. The van der Waals surface area contributed by atoms with Gasteiger partial charge in [-0.25, -0.2) is 0 Å². The van der Waals surface area contributed by atoms with Crippen LogP contribution in [0.25, 0.3) is 10.9 Å². The second-order valence-electron chi connectivity index (χ2n) is 6.08. The summed E-state index contributed by atoms with van der Waals surface area (Å²) in [4.78, 5) is 0. The van der Waals surface area contributed by atoms with Crippen molar-refractivity contribution in [1.29, 1.82) is 0 Å². The molecule has 1 heterocycles. The van der Waals surface area contributed by atoms with E-state index in [9.17, 15) is 0 Å². The van der Waals surface area contributed by atoms with Crippen molar-refractivity contribution in [2.24, 2.45) is 0 Å². The third-order valence-corrected chi connectivity index (χ3v) is 4.72. The lowest BCUT2D eigenvalue weighted by molar-refractivity contribution is 0.685. The summed E-state index contributed by atoms with van der Waals surface area (Å²) in [5.74, 6) is 0. The normalized spacial score (nSPS) is 11.3. The van der Waals surface area contributed by atoms with Crippen LogP contribution in [-0.2, 0) is 0 Å². The monoisotopic (exact) mass is 331 g/mol. The summed E-state index contributed by atoms with van der Waals surface area (Å²) in [7, 11) is 0. The van der Waals surface area contributed by atoms with Crippen LogP contribution in [0, 0.1) is 6.92 Å². The third kappa shape index (κ3) is 2.61. The van der Waals surface area contributed by atoms with Crippen LogP contribution in [0.3, 0.4) is 0 Å². The topological polar surface area (TPSA) is 4.93 Å². The molecule has 0 saturated carbocycles. The molecule has 4 aromatic rings. The molecule has 0 aliphatic carbocycles. The highest BCUT2D eigenvalue weighted by Gasteiger charge is 2.19. The van der Waals surface area contributed by atoms with E-state index in [0.29, 0.717) is 0 Å². The summed E-state index contributed by atoms with van der Waals surface area (Å²) in [6.07, 6.45) is 0. The summed E-state index contributed by atoms with van der Waals surface area (Å²) in [6, 6.07) is 29.8. The van der Waals surface area contributed by atoms with E-state index in [1.807, 2.05) is 12.1 Å². The molecule has 0 aliphatic rings. The molecule has 0 spiro atoms. The first-order valence-corrected chi connectivity index (χ1v) is 8.49. The van der Waals surface area contributed by atoms with Gasteiger partial charge in [0.25, 0.3) is 0 Å². The van der Waals surface area contributed by atoms with Crippen molar-refractivity contribution in [3.63, 3.8) is 0 Å². The quantitative estimate of drug-likeness (QED) is 0.418. The molecular weight excluding hydrogens is 314 g/mol. The maximum absolute atomic E-state index is 6.18. The number of halogens is 1. The van der Waals surface area contributed by atoms with E-state index in [0.717, 1.165) is 5.02 Å². The van der Waals surface area contributed by atoms with Crippen LogP contribution in [0.2, 0.25) is 5.02 Å². The van der Waals surface area contributed by atoms with Crippen LogP contribution in [0.4, 0.5) is 0 Å². The van der Waals surface area contributed by atoms with Crippen LogP contribution < -0.4 is 0 Å². The molecule has 24 heavy (non-hydrogen) atoms. The lowest BCUT2D eigenvalue weighted by Gasteiger charge is -2.23. The van der Waals surface area contributed by atoms with Gasteiger partial charge >= 0.3 is 0 Å². The molecule has 0 amide bonds. The van der Waals surface area contributed by atoms with Crippen LogP contribution in [0.5, 0.6) is 0 Å². The molecule has 0 bridgehead atoms. The molecule has 1 aromatic heterocycles. The van der Waals surface area contributed by atoms with Gasteiger partial charge in [-0.2, -0.15) is 0 Å². The first kappa shape index (κ1) is 15.0. The molecule has 0 unspecified atom stereocenters. The number of aromatic nitrogens is 1. The standard InChI is InChI=1S/C22H18ClN/c1-16-14-19-15-20(23)12-13-21(19)24(16)22(17-8-4-2-5-9-17)18-10-6-3-7-11-18/h2-15,22H,1H3. The molecular formula is C22H18ClN. The van der Waals surface area contributed by atoms with Gasteiger partial charge in [-0.05, 0) is 42.3 Å². The molecule has 118 valence electrons. The van der Waals surface area contributed by atoms with Gasteiger partial charge in [0.15, 0.2) is 0 Å². The van der Waals surface area contributed by atoms with Crippen LogP contribution in [-0.4, -0.2) is 4.57 Å². The molecule has 0 N–H and O–H groups in total. The van der Waals surface area contributed by atoms with Gasteiger partial charge < -0.3 is 4.57 Å². The molecule has 0 atom stereocenters. The average Bonchev–Trinajstić information content (AvgIpc) is 2.92. The van der Waals surface area contributed by atoms with Gasteiger partial charge in [-0.3, -0.25) is 0 Å². The van der Waals surface area contributed by atoms with E-state index in [1.54, 1.807) is 0 Å². The van der Waals surface area contributed by atoms with Crippen molar-refractivity contribution in [3.8, 4) is 0 Å². The smallest absolute Gasteiger partial charge is 0.0841 e. The Balaban J connectivity index is 2.00. The van der Waals surface area contributed by atoms with Crippen molar-refractivity contribution in [2.45, 2.75) is 13.0 Å². The van der Waals surface area contributed by atoms with E-state index >= 15 is 0 Å². The maximum Gasteiger partial charge on any atom is 0.0841 e. The van der Waals surface area contributed by atoms with Gasteiger partial charge in [0, 0.05) is 21.6 Å². The molecule has 0 fully saturated rings. The Bertz CT molecular complexity index is 931. The number of nitrogens with zero attached hydrogens (tertiary/aromatic N) is 1. The molecule has 3 aromatic carbocycles. The van der Waals surface area contributed by atoms with Gasteiger partial charge in [0.2, 0.25) is 0 Å². The Hall–Kier alpha value is -2.51. The zero-order valence-electron chi connectivity index (χ0n) is 13.5. The first-order chi connectivity index (χ1) is 11.7. The predicted molar refractivity (Wildman–Crippen MR) is 102 cm³/mol. The minimum absolute atomic E-state index is 0.145. The Morgan fingerprint density at radius 1 is 0.750 bits per heavy atom. The second-order valence-corrected chi connectivity index (χ2v) is 6.52. The van der Waals surface area contributed by atoms with E-state index in [1.165, 1.54) is 27.7 Å². The summed E-state index contributed by atoms with van der Waals surface area (Å²) < 4.78 is 2.40. The number of benzene rings is 3. The number of fused-ring (bicyclic) bond motifs is 1. The number of hydrogen-bond acceptors (Lipinski definition) is 0. The predicted octanol–water partition coefficient (Wildman–Crippen LogP) is 6.24. The Kier molecular flexibility index (Phi) is 3.87. The average molecular weight is 332 g/mol. The van der Waals surface area contributed by atoms with Crippen molar-refractivity contribution >= 4 is 22.5 Å². The van der Waals surface area contributed by atoms with Crippen molar-refractivity contribution in [1.82, 2.24) is 4.57 Å². The lowest BCUT2D eigenvalue weighted by Crippen LogP contribution is -2.13. The Morgan fingerprint density at radius 2 is 1.33 bits per heavy atom. The lowest BCUT2D eigenvalue weighted by atomic mass is 9.98. The first-order valence-electron chi connectivity index (χ1n) is 8.11. The molecule has 2 heteroatoms. The largest absolute Gasteiger partial charge is 0.333 e. The fourth-order valence-corrected chi connectivity index (χ4v) is 3.63. The SMILES string of the molecule is Cc1cc2cc(Cl)ccc2n1C(c1ccccc1)c1ccccc1. The molecule has 0 radical (unpaired) electrons. The zero-order valence-corrected chi connectivity index (χ0v) is 14.2. The highest BCUT2D eigenvalue weighted by atomic mass is 35.5. The zero-order chi connectivity index (χ0) is 16.5. The van der Waals surface area contributed by atoms with Gasteiger partial charge in [0.05, 0.1) is 6.04 Å². The number of hydrogen-bond donors (Lipinski definition) is 0. The number of aryl methyl sites for hydroxylation is 1. The highest BCUT2D eigenvalue weighted by molar-refractivity contribution is 6.31. The molecule has 1 nitrogen and oxygen atoms in total. The van der Waals surface area contributed by atoms with Crippen LogP contribution in [0.15, 0.2) is 84.9 Å². The summed E-state index contributed by atoms with van der Waals surface area (Å²) in [5.41, 5.74) is 4.98. The Morgan fingerprint density at radius 3 is 1.92 bits per heavy atom. The summed E-state index contributed by atoms with van der Waals surface area (Å²) >= 11 is 6.18. The molecule has 4 rings (SSSR count). The van der Waals surface area contributed by atoms with Crippen molar-refractivity contribution < 1.29 is 0 Å². The Labute approximate surface area is 147 Å². The van der Waals surface area contributed by atoms with E-state index in [-0.39, 0.29) is 6.04 Å². The second kappa shape index (κ2) is 6.18. The van der Waals surface area contributed by atoms with Crippen molar-refractivity contribution in [3.05, 3.63) is 107 Å². The fourth-order valence-electron chi connectivity index (χ4n) is 3.45. The van der Waals surface area contributed by atoms with Gasteiger partial charge in [-0.15, -0.1) is 0 Å². The minimum Gasteiger partial charge on any atom is -0.333 e. The van der Waals surface area contributed by atoms with Gasteiger partial charge in [0.1, 0.15) is 0 Å². The van der Waals surface area contributed by atoms with E-state index in [2.05, 4.69) is 84.3 Å². The van der Waals surface area contributed by atoms with Crippen molar-refractivity contribution in [2.75, 3.05) is 0 Å². The van der Waals surface area contributed by atoms with Crippen LogP contribution in [0.1, 0.15) is 22.9 Å².